The first-order chi connectivity index (χ1) is 9.61. The van der Waals surface area contributed by atoms with Gasteiger partial charge in [0.2, 0.25) is 0 Å². The third-order valence-electron chi connectivity index (χ3n) is 3.70. The number of para-hydroxylation sites is 1. The van der Waals surface area contributed by atoms with E-state index in [1.165, 1.54) is 20.0 Å². The van der Waals surface area contributed by atoms with Crippen molar-refractivity contribution in [2.75, 3.05) is 13.7 Å². The molecular weight excluding hydrogens is 264 g/mol. The van der Waals surface area contributed by atoms with Crippen LogP contribution >= 0.6 is 0 Å². The number of ether oxygens (including phenoxy) is 2. The Bertz CT molecular complexity index is 436. The monoisotopic (exact) mass is 285 g/mol. The van der Waals surface area contributed by atoms with Gasteiger partial charge in [0, 0.05) is 12.1 Å². The van der Waals surface area contributed by atoms with Gasteiger partial charge in [-0.2, -0.15) is 8.78 Å². The van der Waals surface area contributed by atoms with Crippen LogP contribution in [0.1, 0.15) is 25.3 Å². The molecule has 0 aromatic heterocycles. The Balaban J connectivity index is 1.97. The van der Waals surface area contributed by atoms with Crippen LogP contribution in [0.5, 0.6) is 11.5 Å². The lowest BCUT2D eigenvalue weighted by molar-refractivity contribution is -0.0518. The number of rotatable bonds is 8. The number of benzene rings is 1. The standard InChI is InChI=1S/C15H21F2NO2/c1-10(11-6-7-11)8-18-9-12-4-3-5-13(19-2)14(12)20-15(16)17/h3-5,10-11,15,18H,6-9H2,1-2H3. The van der Waals surface area contributed by atoms with Crippen molar-refractivity contribution in [2.24, 2.45) is 11.8 Å². The lowest BCUT2D eigenvalue weighted by atomic mass is 10.1. The fourth-order valence-corrected chi connectivity index (χ4v) is 2.35. The summed E-state index contributed by atoms with van der Waals surface area (Å²) < 4.78 is 34.6. The molecule has 0 spiro atoms. The molecule has 1 unspecified atom stereocenters. The lowest BCUT2D eigenvalue weighted by Crippen LogP contribution is -2.22. The molecule has 1 aromatic rings. The Kier molecular flexibility index (Phi) is 5.17. The molecule has 1 saturated carbocycles. The number of nitrogens with one attached hydrogen (secondary N) is 1. The zero-order valence-electron chi connectivity index (χ0n) is 11.9. The highest BCUT2D eigenvalue weighted by Gasteiger charge is 2.27. The van der Waals surface area contributed by atoms with E-state index < -0.39 is 6.61 Å². The number of alkyl halides is 2. The van der Waals surface area contributed by atoms with E-state index >= 15 is 0 Å². The van der Waals surface area contributed by atoms with Crippen LogP contribution in [0.4, 0.5) is 8.78 Å². The van der Waals surface area contributed by atoms with Gasteiger partial charge in [-0.3, -0.25) is 0 Å². The molecule has 5 heteroatoms. The molecule has 1 fully saturated rings. The molecule has 1 N–H and O–H groups in total. The summed E-state index contributed by atoms with van der Waals surface area (Å²) in [4.78, 5) is 0. The van der Waals surface area contributed by atoms with Gasteiger partial charge in [0.1, 0.15) is 0 Å². The van der Waals surface area contributed by atoms with Crippen LogP contribution in [0.3, 0.4) is 0 Å². The summed E-state index contributed by atoms with van der Waals surface area (Å²) in [7, 11) is 1.44. The number of hydrogen-bond acceptors (Lipinski definition) is 3. The van der Waals surface area contributed by atoms with Gasteiger partial charge in [-0.05, 0) is 37.3 Å². The highest BCUT2D eigenvalue weighted by molar-refractivity contribution is 5.46. The van der Waals surface area contributed by atoms with Gasteiger partial charge in [0.25, 0.3) is 0 Å². The van der Waals surface area contributed by atoms with Crippen LogP contribution in [0.25, 0.3) is 0 Å². The molecule has 112 valence electrons. The van der Waals surface area contributed by atoms with Crippen molar-refractivity contribution in [3.8, 4) is 11.5 Å². The maximum atomic E-state index is 12.5. The van der Waals surface area contributed by atoms with Gasteiger partial charge in [-0.25, -0.2) is 0 Å². The molecule has 3 nitrogen and oxygen atoms in total. The Labute approximate surface area is 118 Å². The van der Waals surface area contributed by atoms with Crippen LogP contribution in [-0.2, 0) is 6.54 Å². The summed E-state index contributed by atoms with van der Waals surface area (Å²) in [6.45, 7) is 0.745. The lowest BCUT2D eigenvalue weighted by Gasteiger charge is -2.16. The summed E-state index contributed by atoms with van der Waals surface area (Å²) in [5.41, 5.74) is 0.688. The fraction of sp³-hybridized carbons (Fsp3) is 0.600. The molecule has 0 amide bonds. The third kappa shape index (κ3) is 4.07. The highest BCUT2D eigenvalue weighted by Crippen LogP contribution is 2.36. The Hall–Kier alpha value is -1.36. The zero-order valence-corrected chi connectivity index (χ0v) is 11.9. The van der Waals surface area contributed by atoms with E-state index in [0.717, 1.165) is 12.5 Å². The van der Waals surface area contributed by atoms with Crippen molar-refractivity contribution in [2.45, 2.75) is 32.9 Å². The fourth-order valence-electron chi connectivity index (χ4n) is 2.35. The van der Waals surface area contributed by atoms with Crippen LogP contribution in [0.2, 0.25) is 0 Å². The maximum Gasteiger partial charge on any atom is 0.387 e. The molecule has 20 heavy (non-hydrogen) atoms. The third-order valence-corrected chi connectivity index (χ3v) is 3.70. The van der Waals surface area contributed by atoms with E-state index in [2.05, 4.69) is 17.0 Å². The summed E-state index contributed by atoms with van der Waals surface area (Å²) >= 11 is 0. The maximum absolute atomic E-state index is 12.5. The van der Waals surface area contributed by atoms with Gasteiger partial charge in [0.05, 0.1) is 7.11 Å². The molecule has 0 saturated heterocycles. The molecule has 2 rings (SSSR count). The molecule has 1 aliphatic carbocycles. The summed E-state index contributed by atoms with van der Waals surface area (Å²) in [5.74, 6) is 1.90. The van der Waals surface area contributed by atoms with Crippen molar-refractivity contribution in [3.63, 3.8) is 0 Å². The summed E-state index contributed by atoms with van der Waals surface area (Å²) in [6.07, 6.45) is 2.61. The van der Waals surface area contributed by atoms with Crippen molar-refractivity contribution in [1.29, 1.82) is 0 Å². The first-order valence-electron chi connectivity index (χ1n) is 6.93. The molecule has 0 aliphatic heterocycles. The van der Waals surface area contributed by atoms with E-state index in [1.54, 1.807) is 18.2 Å². The van der Waals surface area contributed by atoms with E-state index in [1.807, 2.05) is 0 Å². The molecule has 1 aromatic carbocycles. The van der Waals surface area contributed by atoms with Crippen LogP contribution < -0.4 is 14.8 Å². The molecular formula is C15H21F2NO2. The minimum Gasteiger partial charge on any atom is -0.493 e. The number of methoxy groups -OCH3 is 1. The quantitative estimate of drug-likeness (QED) is 0.793. The topological polar surface area (TPSA) is 30.5 Å². The van der Waals surface area contributed by atoms with E-state index in [9.17, 15) is 8.78 Å². The van der Waals surface area contributed by atoms with Gasteiger partial charge < -0.3 is 14.8 Å². The van der Waals surface area contributed by atoms with Crippen LogP contribution in [0.15, 0.2) is 18.2 Å². The van der Waals surface area contributed by atoms with E-state index in [-0.39, 0.29) is 5.75 Å². The molecule has 1 atom stereocenters. The smallest absolute Gasteiger partial charge is 0.387 e. The Morgan fingerprint density at radius 3 is 2.70 bits per heavy atom. The average Bonchev–Trinajstić information content (AvgIpc) is 3.24. The SMILES string of the molecule is COc1cccc(CNCC(C)C2CC2)c1OC(F)F. The Morgan fingerprint density at radius 2 is 2.10 bits per heavy atom. The predicted octanol–water partition coefficient (Wildman–Crippen LogP) is 3.43. The van der Waals surface area contributed by atoms with Crippen molar-refractivity contribution in [3.05, 3.63) is 23.8 Å². The predicted molar refractivity (Wildman–Crippen MR) is 73.2 cm³/mol. The highest BCUT2D eigenvalue weighted by atomic mass is 19.3. The van der Waals surface area contributed by atoms with Gasteiger partial charge in [-0.15, -0.1) is 0 Å². The first-order valence-corrected chi connectivity index (χ1v) is 6.93. The van der Waals surface area contributed by atoms with E-state index in [0.29, 0.717) is 23.8 Å². The minimum atomic E-state index is -2.85. The second-order valence-corrected chi connectivity index (χ2v) is 5.27. The molecule has 0 heterocycles. The van der Waals surface area contributed by atoms with Crippen molar-refractivity contribution < 1.29 is 18.3 Å². The molecule has 0 radical (unpaired) electrons. The van der Waals surface area contributed by atoms with Gasteiger partial charge in [-0.1, -0.05) is 19.1 Å². The van der Waals surface area contributed by atoms with Crippen molar-refractivity contribution >= 4 is 0 Å². The van der Waals surface area contributed by atoms with E-state index in [4.69, 9.17) is 4.74 Å². The number of hydrogen-bond donors (Lipinski definition) is 1. The summed E-state index contributed by atoms with van der Waals surface area (Å²) in [6, 6.07) is 5.17. The van der Waals surface area contributed by atoms with Gasteiger partial charge in [0.15, 0.2) is 11.5 Å². The minimum absolute atomic E-state index is 0.122. The molecule has 0 bridgehead atoms. The molecule has 1 aliphatic rings. The van der Waals surface area contributed by atoms with Crippen LogP contribution in [-0.4, -0.2) is 20.3 Å². The first kappa shape index (κ1) is 15.0. The second kappa shape index (κ2) is 6.88. The van der Waals surface area contributed by atoms with Crippen LogP contribution in [0, 0.1) is 11.8 Å². The second-order valence-electron chi connectivity index (χ2n) is 5.27. The summed E-state index contributed by atoms with van der Waals surface area (Å²) in [5, 5.41) is 3.31. The Morgan fingerprint density at radius 1 is 1.35 bits per heavy atom. The number of halogens is 2. The normalized spacial score (nSPS) is 16.2. The zero-order chi connectivity index (χ0) is 14.5. The largest absolute Gasteiger partial charge is 0.493 e. The van der Waals surface area contributed by atoms with Gasteiger partial charge >= 0.3 is 6.61 Å². The van der Waals surface area contributed by atoms with Crippen molar-refractivity contribution in [1.82, 2.24) is 5.32 Å². The average molecular weight is 285 g/mol.